The first-order chi connectivity index (χ1) is 11.5. The third-order valence-corrected chi connectivity index (χ3v) is 5.28. The zero-order valence-electron chi connectivity index (χ0n) is 15.9. The van der Waals surface area contributed by atoms with Crippen molar-refractivity contribution >= 4 is 29.6 Å². The van der Waals surface area contributed by atoms with Crippen LogP contribution in [0.2, 0.25) is 0 Å². The number of nitrogens with one attached hydrogen (secondary N) is 2. The van der Waals surface area contributed by atoms with Crippen molar-refractivity contribution in [3.05, 3.63) is 0 Å². The van der Waals surface area contributed by atoms with Crippen molar-refractivity contribution < 1.29 is 23.9 Å². The summed E-state index contributed by atoms with van der Waals surface area (Å²) in [6.07, 6.45) is 1.19. The van der Waals surface area contributed by atoms with Crippen LogP contribution in [-0.4, -0.2) is 53.8 Å². The molecule has 0 aromatic rings. The van der Waals surface area contributed by atoms with Crippen molar-refractivity contribution in [2.45, 2.75) is 70.5 Å². The van der Waals surface area contributed by atoms with E-state index in [-0.39, 0.29) is 29.2 Å². The highest BCUT2D eigenvalue weighted by Gasteiger charge is 2.34. The number of carbonyl (C=O) groups excluding carboxylic acids is 3. The van der Waals surface area contributed by atoms with Crippen molar-refractivity contribution in [3.63, 3.8) is 0 Å². The Balaban J connectivity index is 2.56. The first-order valence-corrected chi connectivity index (χ1v) is 9.53. The minimum Gasteiger partial charge on any atom is -0.468 e. The van der Waals surface area contributed by atoms with Crippen LogP contribution in [0.15, 0.2) is 0 Å². The van der Waals surface area contributed by atoms with Crippen LogP contribution in [0.4, 0.5) is 0 Å². The number of rotatable bonds is 7. The smallest absolute Gasteiger partial charge is 0.329 e. The van der Waals surface area contributed by atoms with Crippen molar-refractivity contribution in [3.8, 4) is 0 Å². The number of methoxy groups -OCH3 is 1. The molecule has 0 radical (unpaired) electrons. The van der Waals surface area contributed by atoms with Crippen LogP contribution >= 0.6 is 11.8 Å². The Labute approximate surface area is 154 Å². The van der Waals surface area contributed by atoms with Crippen molar-refractivity contribution in [1.82, 2.24) is 10.6 Å². The van der Waals surface area contributed by atoms with E-state index in [1.165, 1.54) is 14.0 Å². The SMILES string of the molecule is COC(=O)[C@@H]1CSC([C@H](C)CC[C@@H](NC(C)=O)C(=O)OC(C)(C)C)N1. The van der Waals surface area contributed by atoms with Gasteiger partial charge in [-0.2, -0.15) is 0 Å². The Bertz CT molecular complexity index is 492. The molecular weight excluding hydrogens is 344 g/mol. The van der Waals surface area contributed by atoms with Crippen molar-refractivity contribution in [2.24, 2.45) is 5.92 Å². The Morgan fingerprint density at radius 2 is 1.92 bits per heavy atom. The molecule has 1 unspecified atom stereocenters. The fraction of sp³-hybridized carbons (Fsp3) is 0.824. The van der Waals surface area contributed by atoms with Crippen molar-refractivity contribution in [1.29, 1.82) is 0 Å². The lowest BCUT2D eigenvalue weighted by Crippen LogP contribution is -2.44. The van der Waals surface area contributed by atoms with Gasteiger partial charge in [-0.1, -0.05) is 6.92 Å². The lowest BCUT2D eigenvalue weighted by Gasteiger charge is -2.26. The van der Waals surface area contributed by atoms with Crippen LogP contribution in [-0.2, 0) is 23.9 Å². The Hall–Kier alpha value is -1.28. The Kier molecular flexibility index (Phi) is 8.21. The topological polar surface area (TPSA) is 93.7 Å². The monoisotopic (exact) mass is 374 g/mol. The highest BCUT2D eigenvalue weighted by Crippen LogP contribution is 2.28. The van der Waals surface area contributed by atoms with Crippen molar-refractivity contribution in [2.75, 3.05) is 12.9 Å². The molecule has 1 amide bonds. The van der Waals surface area contributed by atoms with E-state index in [2.05, 4.69) is 17.6 Å². The summed E-state index contributed by atoms with van der Waals surface area (Å²) in [6, 6.07) is -0.957. The maximum atomic E-state index is 12.3. The third kappa shape index (κ3) is 7.64. The number of hydrogen-bond donors (Lipinski definition) is 2. The first-order valence-electron chi connectivity index (χ1n) is 8.49. The average molecular weight is 375 g/mol. The van der Waals surface area contributed by atoms with Crippen LogP contribution < -0.4 is 10.6 Å². The van der Waals surface area contributed by atoms with E-state index in [1.54, 1.807) is 32.5 Å². The molecule has 0 saturated carbocycles. The molecule has 0 aliphatic carbocycles. The second-order valence-corrected chi connectivity index (χ2v) is 8.51. The van der Waals surface area contributed by atoms with E-state index in [9.17, 15) is 14.4 Å². The van der Waals surface area contributed by atoms with E-state index >= 15 is 0 Å². The summed E-state index contributed by atoms with van der Waals surface area (Å²) >= 11 is 1.67. The first kappa shape index (κ1) is 21.8. The number of carbonyl (C=O) groups is 3. The lowest BCUT2D eigenvalue weighted by molar-refractivity contribution is -0.158. The summed E-state index contributed by atoms with van der Waals surface area (Å²) in [5.74, 6) is -0.0505. The molecule has 1 aliphatic heterocycles. The predicted molar refractivity (Wildman–Crippen MR) is 97.0 cm³/mol. The number of hydrogen-bond acceptors (Lipinski definition) is 7. The third-order valence-electron chi connectivity index (χ3n) is 3.79. The van der Waals surface area contributed by atoms with Gasteiger partial charge in [-0.3, -0.25) is 14.9 Å². The molecule has 4 atom stereocenters. The highest BCUT2D eigenvalue weighted by molar-refractivity contribution is 8.00. The zero-order valence-corrected chi connectivity index (χ0v) is 16.7. The fourth-order valence-electron chi connectivity index (χ4n) is 2.55. The standard InChI is InChI=1S/C17H30N2O5S/c1-10(14-19-13(9-25-14)15(21)23-6)7-8-12(18-11(2)20)16(22)24-17(3,4)5/h10,12-14,19H,7-9H2,1-6H3,(H,18,20)/t10-,12-,13+,14?/m1/s1. The molecule has 8 heteroatoms. The summed E-state index contributed by atoms with van der Waals surface area (Å²) in [7, 11) is 1.38. The van der Waals surface area contributed by atoms with Gasteiger partial charge in [-0.15, -0.1) is 11.8 Å². The number of ether oxygens (including phenoxy) is 2. The molecule has 1 rings (SSSR count). The van der Waals surface area contributed by atoms with E-state index < -0.39 is 17.6 Å². The van der Waals surface area contributed by atoms with Crippen LogP contribution in [0.1, 0.15) is 47.5 Å². The fourth-order valence-corrected chi connectivity index (χ4v) is 3.91. The zero-order chi connectivity index (χ0) is 19.2. The normalized spacial score (nSPS) is 22.8. The number of thioether (sulfide) groups is 1. The molecule has 0 aromatic heterocycles. The average Bonchev–Trinajstić information content (AvgIpc) is 2.98. The second kappa shape index (κ2) is 9.43. The molecule has 2 N–H and O–H groups in total. The van der Waals surface area contributed by atoms with Gasteiger partial charge in [0, 0.05) is 12.7 Å². The summed E-state index contributed by atoms with van der Waals surface area (Å²) in [5.41, 5.74) is -0.601. The van der Waals surface area contributed by atoms with E-state index in [1.807, 2.05) is 0 Å². The van der Waals surface area contributed by atoms with Gasteiger partial charge in [0.1, 0.15) is 17.7 Å². The van der Waals surface area contributed by atoms with Gasteiger partial charge in [0.15, 0.2) is 0 Å². The molecule has 1 heterocycles. The molecule has 1 saturated heterocycles. The molecule has 25 heavy (non-hydrogen) atoms. The van der Waals surface area contributed by atoms with Crippen LogP contribution in [0, 0.1) is 5.92 Å². The summed E-state index contributed by atoms with van der Waals surface area (Å²) in [5, 5.41) is 6.04. The molecule has 1 fully saturated rings. The molecular formula is C17H30N2O5S. The molecule has 7 nitrogen and oxygen atoms in total. The molecule has 0 bridgehead atoms. The summed E-state index contributed by atoms with van der Waals surface area (Å²) in [6.45, 7) is 8.83. The van der Waals surface area contributed by atoms with Gasteiger partial charge in [0.25, 0.3) is 0 Å². The lowest BCUT2D eigenvalue weighted by atomic mass is 10.0. The molecule has 0 spiro atoms. The molecule has 0 aromatic carbocycles. The second-order valence-electron chi connectivity index (χ2n) is 7.34. The summed E-state index contributed by atoms with van der Waals surface area (Å²) in [4.78, 5) is 35.3. The Morgan fingerprint density at radius 1 is 1.28 bits per heavy atom. The Morgan fingerprint density at radius 3 is 2.44 bits per heavy atom. The largest absolute Gasteiger partial charge is 0.468 e. The van der Waals surface area contributed by atoms with Gasteiger partial charge < -0.3 is 14.8 Å². The van der Waals surface area contributed by atoms with Gasteiger partial charge in [-0.05, 0) is 39.5 Å². The number of amides is 1. The predicted octanol–water partition coefficient (Wildman–Crippen LogP) is 1.45. The van der Waals surface area contributed by atoms with Crippen LogP contribution in [0.5, 0.6) is 0 Å². The van der Waals surface area contributed by atoms with E-state index in [0.29, 0.717) is 18.6 Å². The quantitative estimate of drug-likeness (QED) is 0.652. The maximum Gasteiger partial charge on any atom is 0.329 e. The minimum atomic E-state index is -0.665. The van der Waals surface area contributed by atoms with Gasteiger partial charge in [0.05, 0.1) is 12.5 Å². The van der Waals surface area contributed by atoms with Gasteiger partial charge in [-0.25, -0.2) is 4.79 Å². The summed E-state index contributed by atoms with van der Waals surface area (Å²) < 4.78 is 10.1. The van der Waals surface area contributed by atoms with Crippen LogP contribution in [0.3, 0.4) is 0 Å². The maximum absolute atomic E-state index is 12.3. The molecule has 144 valence electrons. The van der Waals surface area contributed by atoms with Gasteiger partial charge in [0.2, 0.25) is 5.91 Å². The van der Waals surface area contributed by atoms with E-state index in [4.69, 9.17) is 9.47 Å². The van der Waals surface area contributed by atoms with Gasteiger partial charge >= 0.3 is 11.9 Å². The number of esters is 2. The van der Waals surface area contributed by atoms with E-state index in [0.717, 1.165) is 0 Å². The molecule has 1 aliphatic rings. The highest BCUT2D eigenvalue weighted by atomic mass is 32.2. The minimum absolute atomic E-state index is 0.112. The van der Waals surface area contributed by atoms with Crippen LogP contribution in [0.25, 0.3) is 0 Å².